The van der Waals surface area contributed by atoms with E-state index in [0.717, 1.165) is 0 Å². The minimum atomic E-state index is -0.768. The molecule has 2 unspecified atom stereocenters. The van der Waals surface area contributed by atoms with Crippen LogP contribution in [0.2, 0.25) is 0 Å². The molecule has 0 aliphatic heterocycles. The molecule has 0 heterocycles. The molecule has 14 heavy (non-hydrogen) atoms. The van der Waals surface area contributed by atoms with Crippen LogP contribution in [-0.2, 0) is 4.74 Å². The van der Waals surface area contributed by atoms with E-state index in [1.807, 2.05) is 39.0 Å². The molecule has 82 valence electrons. The van der Waals surface area contributed by atoms with Gasteiger partial charge in [0, 0.05) is 6.42 Å². The second-order valence-electron chi connectivity index (χ2n) is 3.34. The summed E-state index contributed by atoms with van der Waals surface area (Å²) in [7, 11) is 0. The fourth-order valence-electron chi connectivity index (χ4n) is 1.01. The lowest BCUT2D eigenvalue weighted by atomic mass is 10.1. The molecule has 0 aromatic heterocycles. The largest absolute Gasteiger partial charge is 0.466 e. The lowest BCUT2D eigenvalue weighted by Gasteiger charge is -2.17. The zero-order valence-electron chi connectivity index (χ0n) is 9.23. The van der Waals surface area contributed by atoms with Crippen molar-refractivity contribution >= 4 is 0 Å². The van der Waals surface area contributed by atoms with Crippen LogP contribution in [-0.4, -0.2) is 17.9 Å². The van der Waals surface area contributed by atoms with E-state index in [9.17, 15) is 5.11 Å². The molecule has 3 heteroatoms. The number of hydrogen-bond donors (Lipinski definition) is 2. The van der Waals surface area contributed by atoms with E-state index in [1.165, 1.54) is 0 Å². The van der Waals surface area contributed by atoms with Gasteiger partial charge in [-0.05, 0) is 38.5 Å². The lowest BCUT2D eigenvalue weighted by molar-refractivity contribution is -0.0731. The summed E-state index contributed by atoms with van der Waals surface area (Å²) in [6.07, 6.45) is 5.29. The van der Waals surface area contributed by atoms with Crippen molar-refractivity contribution in [1.82, 2.24) is 0 Å². The van der Waals surface area contributed by atoms with Gasteiger partial charge in [-0.3, -0.25) is 0 Å². The maximum absolute atomic E-state index is 9.53. The molecule has 0 fully saturated rings. The smallest absolute Gasteiger partial charge is 0.197 e. The van der Waals surface area contributed by atoms with Gasteiger partial charge in [0.15, 0.2) is 6.29 Å². The highest BCUT2D eigenvalue weighted by atomic mass is 16.6. The molecule has 0 rings (SSSR count). The quantitative estimate of drug-likeness (QED) is 0.389. The molecular formula is C11H21NO2. The molecule has 0 aromatic rings. The van der Waals surface area contributed by atoms with Gasteiger partial charge in [0.25, 0.3) is 0 Å². The first-order valence-corrected chi connectivity index (χ1v) is 4.97. The van der Waals surface area contributed by atoms with Gasteiger partial charge in [0.05, 0.1) is 0 Å². The highest BCUT2D eigenvalue weighted by Crippen LogP contribution is 2.10. The molecule has 0 amide bonds. The predicted octanol–water partition coefficient (Wildman–Crippen LogP) is 1.79. The summed E-state index contributed by atoms with van der Waals surface area (Å²) in [4.78, 5) is 0. The first-order valence-electron chi connectivity index (χ1n) is 4.97. The van der Waals surface area contributed by atoms with Gasteiger partial charge in [-0.1, -0.05) is 13.0 Å². The minimum Gasteiger partial charge on any atom is -0.466 e. The van der Waals surface area contributed by atoms with Crippen LogP contribution >= 0.6 is 0 Å². The number of allylic oxidation sites excluding steroid dienone is 3. The summed E-state index contributed by atoms with van der Waals surface area (Å²) in [5, 5.41) is 9.53. The molecule has 3 N–H and O–H groups in total. The van der Waals surface area contributed by atoms with Crippen molar-refractivity contribution in [3.63, 3.8) is 0 Å². The third kappa shape index (κ3) is 5.78. The molecule has 0 bridgehead atoms. The summed E-state index contributed by atoms with van der Waals surface area (Å²) >= 11 is 0. The van der Waals surface area contributed by atoms with Gasteiger partial charge in [-0.25, -0.2) is 0 Å². The number of aliphatic hydroxyl groups is 1. The van der Waals surface area contributed by atoms with E-state index in [0.29, 0.717) is 18.7 Å². The summed E-state index contributed by atoms with van der Waals surface area (Å²) in [5.74, 6) is 0.956. The van der Waals surface area contributed by atoms with Crippen LogP contribution in [0, 0.1) is 5.92 Å². The van der Waals surface area contributed by atoms with Gasteiger partial charge in [-0.2, -0.15) is 0 Å². The number of ether oxygens (including phenoxy) is 1. The predicted molar refractivity (Wildman–Crippen MR) is 58.5 cm³/mol. The molecule has 0 saturated heterocycles. The average molecular weight is 199 g/mol. The Labute approximate surface area is 86.3 Å². The number of aliphatic hydroxyl groups excluding tert-OH is 1. The van der Waals surface area contributed by atoms with Crippen LogP contribution < -0.4 is 5.73 Å². The van der Waals surface area contributed by atoms with Crippen molar-refractivity contribution in [3.05, 3.63) is 24.0 Å². The maximum atomic E-state index is 9.53. The Balaban J connectivity index is 3.97. The monoisotopic (exact) mass is 199 g/mol. The minimum absolute atomic E-state index is 0.272. The third-order valence-corrected chi connectivity index (χ3v) is 1.89. The summed E-state index contributed by atoms with van der Waals surface area (Å²) in [6.45, 7) is 6.32. The van der Waals surface area contributed by atoms with E-state index in [4.69, 9.17) is 10.5 Å². The van der Waals surface area contributed by atoms with Gasteiger partial charge in [0.2, 0.25) is 0 Å². The Bertz CT molecular complexity index is 199. The van der Waals surface area contributed by atoms with Crippen LogP contribution in [0.5, 0.6) is 0 Å². The van der Waals surface area contributed by atoms with E-state index >= 15 is 0 Å². The fourth-order valence-corrected chi connectivity index (χ4v) is 1.01. The molecule has 2 atom stereocenters. The number of hydrogen-bond acceptors (Lipinski definition) is 3. The topological polar surface area (TPSA) is 55.5 Å². The standard InChI is InChI=1S/C11H21NO2/c1-4-6-10(5-2)14-11(13)7-9(3)8-12/h4-6,9,11,13H,7-8,12H2,1-3H3/b6-4-,10-5+. The Morgan fingerprint density at radius 3 is 2.57 bits per heavy atom. The normalized spacial score (nSPS) is 17.1. The van der Waals surface area contributed by atoms with Gasteiger partial charge >= 0.3 is 0 Å². The van der Waals surface area contributed by atoms with Crippen molar-refractivity contribution in [1.29, 1.82) is 0 Å². The maximum Gasteiger partial charge on any atom is 0.197 e. The molecule has 3 nitrogen and oxygen atoms in total. The van der Waals surface area contributed by atoms with E-state index in [2.05, 4.69) is 0 Å². The average Bonchev–Trinajstić information content (AvgIpc) is 2.16. The van der Waals surface area contributed by atoms with Crippen molar-refractivity contribution in [2.24, 2.45) is 11.7 Å². The Morgan fingerprint density at radius 2 is 2.14 bits per heavy atom. The Hall–Kier alpha value is -0.800. The fraction of sp³-hybridized carbons (Fsp3) is 0.636. The second-order valence-corrected chi connectivity index (χ2v) is 3.34. The highest BCUT2D eigenvalue weighted by molar-refractivity contribution is 5.09. The zero-order valence-corrected chi connectivity index (χ0v) is 9.23. The number of nitrogens with two attached hydrogens (primary N) is 1. The molecule has 0 aliphatic rings. The lowest BCUT2D eigenvalue weighted by Crippen LogP contribution is -2.20. The Morgan fingerprint density at radius 1 is 1.50 bits per heavy atom. The SMILES string of the molecule is C/C=C\C(=C/C)OC(O)CC(C)CN. The van der Waals surface area contributed by atoms with E-state index in [1.54, 1.807) is 0 Å². The van der Waals surface area contributed by atoms with Crippen molar-refractivity contribution in [2.45, 2.75) is 33.5 Å². The first-order chi connectivity index (χ1) is 6.63. The zero-order chi connectivity index (χ0) is 11.0. The van der Waals surface area contributed by atoms with Crippen LogP contribution in [0.4, 0.5) is 0 Å². The van der Waals surface area contributed by atoms with E-state index < -0.39 is 6.29 Å². The first kappa shape index (κ1) is 13.2. The molecule has 0 spiro atoms. The van der Waals surface area contributed by atoms with Gasteiger partial charge in [-0.15, -0.1) is 0 Å². The van der Waals surface area contributed by atoms with Gasteiger partial charge in [0.1, 0.15) is 5.76 Å². The van der Waals surface area contributed by atoms with Crippen LogP contribution in [0.15, 0.2) is 24.0 Å². The van der Waals surface area contributed by atoms with Crippen LogP contribution in [0.25, 0.3) is 0 Å². The second kappa shape index (κ2) is 7.59. The summed E-state index contributed by atoms with van der Waals surface area (Å²) in [6, 6.07) is 0. The molecule has 0 aromatic carbocycles. The summed E-state index contributed by atoms with van der Waals surface area (Å²) < 4.78 is 5.29. The van der Waals surface area contributed by atoms with E-state index in [-0.39, 0.29) is 5.92 Å². The highest BCUT2D eigenvalue weighted by Gasteiger charge is 2.10. The number of rotatable bonds is 6. The third-order valence-electron chi connectivity index (χ3n) is 1.89. The molecular weight excluding hydrogens is 178 g/mol. The molecule has 0 aliphatic carbocycles. The Kier molecular flexibility index (Phi) is 7.16. The van der Waals surface area contributed by atoms with Gasteiger partial charge < -0.3 is 15.6 Å². The summed E-state index contributed by atoms with van der Waals surface area (Å²) in [5.41, 5.74) is 5.45. The van der Waals surface area contributed by atoms with Crippen LogP contribution in [0.1, 0.15) is 27.2 Å². The van der Waals surface area contributed by atoms with Crippen LogP contribution in [0.3, 0.4) is 0 Å². The molecule has 0 saturated carbocycles. The van der Waals surface area contributed by atoms with Crippen molar-refractivity contribution in [3.8, 4) is 0 Å². The molecule has 0 radical (unpaired) electrons. The van der Waals surface area contributed by atoms with Crippen molar-refractivity contribution < 1.29 is 9.84 Å². The van der Waals surface area contributed by atoms with Crippen molar-refractivity contribution in [2.75, 3.05) is 6.54 Å².